The van der Waals surface area contributed by atoms with Gasteiger partial charge in [-0.25, -0.2) is 8.42 Å². The monoisotopic (exact) mass is 453 g/mol. The highest BCUT2D eigenvalue weighted by molar-refractivity contribution is 7.89. The van der Waals surface area contributed by atoms with Gasteiger partial charge in [-0.3, -0.25) is 9.69 Å². The van der Waals surface area contributed by atoms with Gasteiger partial charge in [0.1, 0.15) is 0 Å². The van der Waals surface area contributed by atoms with E-state index in [1.54, 1.807) is 28.6 Å². The predicted octanol–water partition coefficient (Wildman–Crippen LogP) is 3.52. The first kappa shape index (κ1) is 21.6. The highest BCUT2D eigenvalue weighted by Crippen LogP contribution is 2.34. The van der Waals surface area contributed by atoms with Gasteiger partial charge in [0.15, 0.2) is 0 Å². The second kappa shape index (κ2) is 8.96. The normalized spacial score (nSPS) is 23.2. The maximum atomic E-state index is 13.5. The number of hydrogen-bond acceptors (Lipinski definition) is 4. The van der Waals surface area contributed by atoms with Crippen LogP contribution in [0.1, 0.15) is 54.1 Å². The van der Waals surface area contributed by atoms with Gasteiger partial charge in [0.2, 0.25) is 10.0 Å². The van der Waals surface area contributed by atoms with E-state index in [9.17, 15) is 13.2 Å². The van der Waals surface area contributed by atoms with Crippen molar-refractivity contribution in [2.45, 2.75) is 49.1 Å². The smallest absolute Gasteiger partial charge is 0.254 e. The topological polar surface area (TPSA) is 60.9 Å². The SMILES string of the molecule is O=C(c1ccc(S(=O)(=O)N2CCCCC2)cc1)N1CCN(C2CC2)CC1c1ccccc1. The van der Waals surface area contributed by atoms with E-state index < -0.39 is 10.0 Å². The van der Waals surface area contributed by atoms with Crippen molar-refractivity contribution in [3.63, 3.8) is 0 Å². The third-order valence-electron chi connectivity index (χ3n) is 6.97. The molecule has 1 saturated carbocycles. The van der Waals surface area contributed by atoms with E-state index in [-0.39, 0.29) is 16.8 Å². The number of carbonyl (C=O) groups is 1. The van der Waals surface area contributed by atoms with Crippen molar-refractivity contribution >= 4 is 15.9 Å². The van der Waals surface area contributed by atoms with Crippen molar-refractivity contribution in [1.29, 1.82) is 0 Å². The molecule has 5 rings (SSSR count). The lowest BCUT2D eigenvalue weighted by atomic mass is 10.0. The maximum absolute atomic E-state index is 13.5. The van der Waals surface area contributed by atoms with Crippen LogP contribution >= 0.6 is 0 Å². The largest absolute Gasteiger partial charge is 0.329 e. The van der Waals surface area contributed by atoms with Gasteiger partial charge >= 0.3 is 0 Å². The van der Waals surface area contributed by atoms with E-state index in [4.69, 9.17) is 0 Å². The summed E-state index contributed by atoms with van der Waals surface area (Å²) in [6.45, 7) is 3.58. The Morgan fingerprint density at radius 2 is 1.50 bits per heavy atom. The van der Waals surface area contributed by atoms with Crippen molar-refractivity contribution in [2.75, 3.05) is 32.7 Å². The minimum absolute atomic E-state index is 0.00908. The van der Waals surface area contributed by atoms with Crippen LogP contribution in [0.2, 0.25) is 0 Å². The Hall–Kier alpha value is -2.22. The molecule has 3 fully saturated rings. The van der Waals surface area contributed by atoms with Crippen molar-refractivity contribution in [1.82, 2.24) is 14.1 Å². The van der Waals surface area contributed by atoms with Crippen LogP contribution in [0.3, 0.4) is 0 Å². The van der Waals surface area contributed by atoms with Crippen LogP contribution in [0.15, 0.2) is 59.5 Å². The Morgan fingerprint density at radius 1 is 0.812 bits per heavy atom. The first-order valence-corrected chi connectivity index (χ1v) is 13.2. The summed E-state index contributed by atoms with van der Waals surface area (Å²) in [4.78, 5) is 18.2. The van der Waals surface area contributed by atoms with Gasteiger partial charge in [0.25, 0.3) is 5.91 Å². The van der Waals surface area contributed by atoms with E-state index >= 15 is 0 Å². The average molecular weight is 454 g/mol. The van der Waals surface area contributed by atoms with Crippen LogP contribution in [-0.2, 0) is 10.0 Å². The fourth-order valence-electron chi connectivity index (χ4n) is 4.97. The lowest BCUT2D eigenvalue weighted by molar-refractivity contribution is 0.0433. The number of sulfonamides is 1. The number of piperidine rings is 1. The number of hydrogen-bond donors (Lipinski definition) is 0. The Bertz CT molecular complexity index is 1050. The van der Waals surface area contributed by atoms with Crippen LogP contribution in [0.5, 0.6) is 0 Å². The second-order valence-electron chi connectivity index (χ2n) is 9.14. The lowest BCUT2D eigenvalue weighted by Gasteiger charge is -2.42. The van der Waals surface area contributed by atoms with Gasteiger partial charge < -0.3 is 4.90 Å². The maximum Gasteiger partial charge on any atom is 0.254 e. The molecule has 1 unspecified atom stereocenters. The summed E-state index contributed by atoms with van der Waals surface area (Å²) in [5.41, 5.74) is 1.69. The summed E-state index contributed by atoms with van der Waals surface area (Å²) < 4.78 is 27.4. The quantitative estimate of drug-likeness (QED) is 0.695. The highest BCUT2D eigenvalue weighted by atomic mass is 32.2. The molecule has 0 spiro atoms. The molecule has 2 aliphatic heterocycles. The number of benzene rings is 2. The number of amides is 1. The summed E-state index contributed by atoms with van der Waals surface area (Å²) in [6, 6.07) is 17.4. The minimum atomic E-state index is -3.49. The first-order valence-electron chi connectivity index (χ1n) is 11.7. The number of rotatable bonds is 5. The first-order chi connectivity index (χ1) is 15.5. The minimum Gasteiger partial charge on any atom is -0.329 e. The highest BCUT2D eigenvalue weighted by Gasteiger charge is 2.38. The molecule has 0 bridgehead atoms. The Morgan fingerprint density at radius 3 is 2.16 bits per heavy atom. The van der Waals surface area contributed by atoms with Crippen molar-refractivity contribution in [3.05, 3.63) is 65.7 Å². The van der Waals surface area contributed by atoms with Crippen molar-refractivity contribution in [2.24, 2.45) is 0 Å². The Balaban J connectivity index is 1.36. The zero-order valence-electron chi connectivity index (χ0n) is 18.4. The second-order valence-corrected chi connectivity index (χ2v) is 11.1. The van der Waals surface area contributed by atoms with Crippen LogP contribution in [0.4, 0.5) is 0 Å². The molecule has 2 heterocycles. The molecule has 0 aromatic heterocycles. The molecule has 7 heteroatoms. The zero-order chi connectivity index (χ0) is 22.1. The zero-order valence-corrected chi connectivity index (χ0v) is 19.2. The third kappa shape index (κ3) is 4.34. The fraction of sp³-hybridized carbons (Fsp3) is 0.480. The molecule has 1 atom stereocenters. The molecule has 0 N–H and O–H groups in total. The van der Waals surface area contributed by atoms with E-state index in [1.165, 1.54) is 12.8 Å². The van der Waals surface area contributed by atoms with Crippen LogP contribution in [-0.4, -0.2) is 67.2 Å². The Kier molecular flexibility index (Phi) is 6.05. The van der Waals surface area contributed by atoms with Crippen molar-refractivity contribution in [3.8, 4) is 0 Å². The number of nitrogens with zero attached hydrogens (tertiary/aromatic N) is 3. The van der Waals surface area contributed by atoms with E-state index in [0.29, 0.717) is 31.2 Å². The molecule has 2 saturated heterocycles. The molecule has 0 radical (unpaired) electrons. The van der Waals surface area contributed by atoms with E-state index in [0.717, 1.165) is 37.9 Å². The van der Waals surface area contributed by atoms with Gasteiger partial charge in [-0.15, -0.1) is 0 Å². The molecule has 3 aliphatic rings. The fourth-order valence-corrected chi connectivity index (χ4v) is 6.49. The van der Waals surface area contributed by atoms with Gasteiger partial charge in [-0.1, -0.05) is 36.8 Å². The van der Waals surface area contributed by atoms with E-state index in [1.807, 2.05) is 23.1 Å². The van der Waals surface area contributed by atoms with Crippen LogP contribution in [0, 0.1) is 0 Å². The molecular weight excluding hydrogens is 422 g/mol. The van der Waals surface area contributed by atoms with Gasteiger partial charge in [-0.05, 0) is 55.5 Å². The van der Waals surface area contributed by atoms with E-state index in [2.05, 4.69) is 17.0 Å². The summed E-state index contributed by atoms with van der Waals surface area (Å²) >= 11 is 0. The van der Waals surface area contributed by atoms with Gasteiger partial charge in [-0.2, -0.15) is 4.31 Å². The molecule has 6 nitrogen and oxygen atoms in total. The molecular formula is C25H31N3O3S. The summed E-state index contributed by atoms with van der Waals surface area (Å²) in [6.07, 6.45) is 5.40. The molecule has 170 valence electrons. The standard InChI is InChI=1S/C25H31N3O3S/c29-25(21-9-13-23(14-10-21)32(30,31)27-15-5-2-6-16-27)28-18-17-26(22-11-12-22)19-24(28)20-7-3-1-4-8-20/h1,3-4,7-10,13-14,22,24H,2,5-6,11-12,15-19H2. The van der Waals surface area contributed by atoms with Crippen LogP contribution < -0.4 is 0 Å². The molecule has 1 amide bonds. The number of piperazine rings is 1. The van der Waals surface area contributed by atoms with Gasteiger partial charge in [0.05, 0.1) is 10.9 Å². The van der Waals surface area contributed by atoms with Gasteiger partial charge in [0, 0.05) is 44.3 Å². The summed E-state index contributed by atoms with van der Waals surface area (Å²) in [5.74, 6) is -0.0313. The molecule has 2 aromatic carbocycles. The Labute approximate surface area is 190 Å². The summed E-state index contributed by atoms with van der Waals surface area (Å²) in [7, 11) is -3.49. The molecule has 1 aliphatic carbocycles. The van der Waals surface area contributed by atoms with Crippen molar-refractivity contribution < 1.29 is 13.2 Å². The lowest BCUT2D eigenvalue weighted by Crippen LogP contribution is -2.51. The molecule has 2 aromatic rings. The third-order valence-corrected chi connectivity index (χ3v) is 8.89. The van der Waals surface area contributed by atoms with Crippen LogP contribution in [0.25, 0.3) is 0 Å². The summed E-state index contributed by atoms with van der Waals surface area (Å²) in [5, 5.41) is 0. The average Bonchev–Trinajstić information content (AvgIpc) is 3.70. The predicted molar refractivity (Wildman–Crippen MR) is 124 cm³/mol. The number of carbonyl (C=O) groups excluding carboxylic acids is 1. The molecule has 32 heavy (non-hydrogen) atoms.